The largest absolute Gasteiger partial charge is 0.465 e. The quantitative estimate of drug-likeness (QED) is 0.464. The van der Waals surface area contributed by atoms with Crippen molar-refractivity contribution in [3.8, 4) is 17.4 Å². The Balaban J connectivity index is 1.95. The van der Waals surface area contributed by atoms with Crippen molar-refractivity contribution < 1.29 is 23.5 Å². The molecule has 3 rings (SSSR count). The minimum Gasteiger partial charge on any atom is -0.465 e. The SMILES string of the molecule is COC(=O)c1ccc(-c2ccc(/C=C3/C(=O)N(C)C(=O)C(C#N)=C3C)o2)cc1. The summed E-state index contributed by atoms with van der Waals surface area (Å²) in [5.74, 6) is -0.607. The van der Waals surface area contributed by atoms with Gasteiger partial charge in [0.05, 0.1) is 12.7 Å². The van der Waals surface area contributed by atoms with Crippen molar-refractivity contribution in [2.24, 2.45) is 0 Å². The summed E-state index contributed by atoms with van der Waals surface area (Å²) < 4.78 is 10.4. The first-order valence-electron chi connectivity index (χ1n) is 8.31. The number of hydrogen-bond donors (Lipinski definition) is 0. The first kappa shape index (κ1) is 18.9. The minimum atomic E-state index is -0.618. The van der Waals surface area contributed by atoms with E-state index in [2.05, 4.69) is 4.74 Å². The van der Waals surface area contributed by atoms with E-state index in [0.717, 1.165) is 10.5 Å². The molecule has 1 aliphatic heterocycles. The van der Waals surface area contributed by atoms with Crippen LogP contribution in [-0.2, 0) is 14.3 Å². The first-order valence-corrected chi connectivity index (χ1v) is 8.31. The molecule has 1 aromatic carbocycles. The Morgan fingerprint density at radius 3 is 2.43 bits per heavy atom. The molecule has 0 aliphatic carbocycles. The lowest BCUT2D eigenvalue weighted by Crippen LogP contribution is -2.39. The second-order valence-corrected chi connectivity index (χ2v) is 6.11. The minimum absolute atomic E-state index is 0.0708. The molecule has 0 bridgehead atoms. The smallest absolute Gasteiger partial charge is 0.337 e. The topological polar surface area (TPSA) is 101 Å². The van der Waals surface area contributed by atoms with E-state index in [0.29, 0.717) is 22.7 Å². The number of carbonyl (C=O) groups is 3. The highest BCUT2D eigenvalue weighted by Crippen LogP contribution is 2.28. The van der Waals surface area contributed by atoms with Gasteiger partial charge in [-0.2, -0.15) is 5.26 Å². The molecule has 0 radical (unpaired) electrons. The van der Waals surface area contributed by atoms with Crippen LogP contribution in [0.4, 0.5) is 0 Å². The van der Waals surface area contributed by atoms with E-state index >= 15 is 0 Å². The molecule has 2 heterocycles. The molecule has 0 saturated carbocycles. The van der Waals surface area contributed by atoms with Crippen LogP contribution in [0.5, 0.6) is 0 Å². The molecule has 2 aromatic rings. The first-order chi connectivity index (χ1) is 13.4. The van der Waals surface area contributed by atoms with Gasteiger partial charge < -0.3 is 9.15 Å². The molecule has 0 unspecified atom stereocenters. The monoisotopic (exact) mass is 376 g/mol. The standard InChI is InChI=1S/C21H16N2O5/c1-12-16(19(24)23(2)20(25)17(12)11-22)10-15-8-9-18(28-15)13-4-6-14(7-5-13)21(26)27-3/h4-10H,1-3H3/b16-10+. The Hall–Kier alpha value is -3.92. The van der Waals surface area contributed by atoms with Gasteiger partial charge in [-0.3, -0.25) is 14.5 Å². The number of carbonyl (C=O) groups excluding carboxylic acids is 3. The van der Waals surface area contributed by atoms with Gasteiger partial charge in [0.25, 0.3) is 11.8 Å². The highest BCUT2D eigenvalue weighted by atomic mass is 16.5. The Bertz CT molecular complexity index is 1080. The number of rotatable bonds is 3. The van der Waals surface area contributed by atoms with Gasteiger partial charge in [0.1, 0.15) is 23.2 Å². The summed E-state index contributed by atoms with van der Waals surface area (Å²) in [6, 6.07) is 11.9. The Morgan fingerprint density at radius 2 is 1.82 bits per heavy atom. The molecular formula is C21H16N2O5. The summed E-state index contributed by atoms with van der Waals surface area (Å²) >= 11 is 0. The molecule has 0 spiro atoms. The van der Waals surface area contributed by atoms with E-state index in [1.807, 2.05) is 6.07 Å². The van der Waals surface area contributed by atoms with Crippen LogP contribution < -0.4 is 0 Å². The zero-order valence-electron chi connectivity index (χ0n) is 15.5. The molecule has 0 N–H and O–H groups in total. The summed E-state index contributed by atoms with van der Waals surface area (Å²) in [6.45, 7) is 1.56. The van der Waals surface area contributed by atoms with E-state index in [1.165, 1.54) is 20.2 Å². The number of esters is 1. The van der Waals surface area contributed by atoms with Crippen LogP contribution in [0.25, 0.3) is 17.4 Å². The molecule has 1 aliphatic rings. The lowest BCUT2D eigenvalue weighted by Gasteiger charge is -2.23. The highest BCUT2D eigenvalue weighted by Gasteiger charge is 2.33. The van der Waals surface area contributed by atoms with E-state index in [1.54, 1.807) is 43.3 Å². The van der Waals surface area contributed by atoms with Crippen molar-refractivity contribution in [2.75, 3.05) is 14.2 Å². The number of ether oxygens (including phenoxy) is 1. The molecule has 7 nitrogen and oxygen atoms in total. The van der Waals surface area contributed by atoms with Crippen LogP contribution in [-0.4, -0.2) is 36.8 Å². The fourth-order valence-electron chi connectivity index (χ4n) is 2.81. The van der Waals surface area contributed by atoms with Crippen LogP contribution in [0.15, 0.2) is 57.5 Å². The number of furan rings is 1. The lowest BCUT2D eigenvalue weighted by molar-refractivity contribution is -0.138. The van der Waals surface area contributed by atoms with Crippen molar-refractivity contribution >= 4 is 23.9 Å². The lowest BCUT2D eigenvalue weighted by atomic mass is 9.95. The highest BCUT2D eigenvalue weighted by molar-refractivity contribution is 6.19. The van der Waals surface area contributed by atoms with E-state index in [4.69, 9.17) is 4.42 Å². The maximum absolute atomic E-state index is 12.4. The molecule has 28 heavy (non-hydrogen) atoms. The fourth-order valence-corrected chi connectivity index (χ4v) is 2.81. The molecule has 0 saturated heterocycles. The zero-order valence-corrected chi connectivity index (χ0v) is 15.5. The maximum Gasteiger partial charge on any atom is 0.337 e. The second kappa shape index (κ2) is 7.37. The number of amides is 2. The van der Waals surface area contributed by atoms with Crippen molar-refractivity contribution in [1.82, 2.24) is 4.90 Å². The van der Waals surface area contributed by atoms with E-state index in [9.17, 15) is 19.6 Å². The maximum atomic E-state index is 12.4. The van der Waals surface area contributed by atoms with Crippen LogP contribution >= 0.6 is 0 Å². The molecule has 0 fully saturated rings. The Labute approximate surface area is 161 Å². The number of hydrogen-bond acceptors (Lipinski definition) is 6. The average molecular weight is 376 g/mol. The summed E-state index contributed by atoms with van der Waals surface area (Å²) in [6.07, 6.45) is 1.50. The fraction of sp³-hybridized carbons (Fsp3) is 0.143. The Kier molecular flexibility index (Phi) is 4.96. The number of benzene rings is 1. The summed E-state index contributed by atoms with van der Waals surface area (Å²) in [7, 11) is 2.65. The van der Waals surface area contributed by atoms with Crippen LogP contribution in [0.3, 0.4) is 0 Å². The van der Waals surface area contributed by atoms with Crippen molar-refractivity contribution in [3.05, 3.63) is 64.4 Å². The van der Waals surface area contributed by atoms with Gasteiger partial charge >= 0.3 is 5.97 Å². The number of likely N-dealkylation sites (N-methyl/N-ethyl adjacent to an activating group) is 1. The van der Waals surface area contributed by atoms with Gasteiger partial charge in [-0.15, -0.1) is 0 Å². The van der Waals surface area contributed by atoms with E-state index < -0.39 is 17.8 Å². The zero-order chi connectivity index (χ0) is 20.4. The van der Waals surface area contributed by atoms with Gasteiger partial charge in [-0.25, -0.2) is 4.79 Å². The van der Waals surface area contributed by atoms with Crippen molar-refractivity contribution in [1.29, 1.82) is 5.26 Å². The molecule has 0 atom stereocenters. The van der Waals surface area contributed by atoms with Crippen LogP contribution in [0.1, 0.15) is 23.0 Å². The third kappa shape index (κ3) is 3.23. The van der Waals surface area contributed by atoms with Gasteiger partial charge in [0, 0.05) is 18.2 Å². The number of imide groups is 1. The van der Waals surface area contributed by atoms with Crippen molar-refractivity contribution in [3.63, 3.8) is 0 Å². The Morgan fingerprint density at radius 1 is 1.14 bits per heavy atom. The molecule has 2 amide bonds. The molecule has 7 heteroatoms. The normalized spacial score (nSPS) is 15.8. The molecule has 1 aromatic heterocycles. The number of nitriles is 1. The van der Waals surface area contributed by atoms with Gasteiger partial charge in [0.15, 0.2) is 0 Å². The van der Waals surface area contributed by atoms with Gasteiger partial charge in [0.2, 0.25) is 0 Å². The predicted octanol–water partition coefficient (Wildman–Crippen LogP) is 2.96. The third-order valence-electron chi connectivity index (χ3n) is 4.45. The third-order valence-corrected chi connectivity index (χ3v) is 4.45. The van der Waals surface area contributed by atoms with Crippen molar-refractivity contribution in [2.45, 2.75) is 6.92 Å². The number of nitrogens with zero attached hydrogens (tertiary/aromatic N) is 2. The summed E-state index contributed by atoms with van der Waals surface area (Å²) in [4.78, 5) is 36.8. The average Bonchev–Trinajstić information content (AvgIpc) is 3.18. The van der Waals surface area contributed by atoms with Crippen LogP contribution in [0.2, 0.25) is 0 Å². The predicted molar refractivity (Wildman–Crippen MR) is 99.6 cm³/mol. The van der Waals surface area contributed by atoms with E-state index in [-0.39, 0.29) is 11.1 Å². The molecular weight excluding hydrogens is 360 g/mol. The second-order valence-electron chi connectivity index (χ2n) is 6.11. The number of methoxy groups -OCH3 is 1. The summed E-state index contributed by atoms with van der Waals surface area (Å²) in [5.41, 5.74) is 1.63. The summed E-state index contributed by atoms with van der Waals surface area (Å²) in [5, 5.41) is 9.20. The van der Waals surface area contributed by atoms with Gasteiger partial charge in [-0.1, -0.05) is 12.1 Å². The molecule has 140 valence electrons. The van der Waals surface area contributed by atoms with Gasteiger partial charge in [-0.05, 0) is 42.8 Å². The van der Waals surface area contributed by atoms with Crippen LogP contribution in [0, 0.1) is 11.3 Å².